The Morgan fingerprint density at radius 2 is 2.39 bits per heavy atom. The van der Waals surface area contributed by atoms with Crippen LogP contribution >= 0.6 is 11.6 Å². The summed E-state index contributed by atoms with van der Waals surface area (Å²) in [5.74, 6) is 1.27. The van der Waals surface area contributed by atoms with Gasteiger partial charge in [0.25, 0.3) is 0 Å². The predicted octanol–water partition coefficient (Wildman–Crippen LogP) is 1.24. The second kappa shape index (κ2) is 4.61. The van der Waals surface area contributed by atoms with Gasteiger partial charge in [0.05, 0.1) is 0 Å². The van der Waals surface area contributed by atoms with Crippen molar-refractivity contribution in [1.29, 1.82) is 0 Å². The van der Waals surface area contributed by atoms with Crippen LogP contribution in [0.5, 0.6) is 0 Å². The lowest BCUT2D eigenvalue weighted by Crippen LogP contribution is -2.16. The normalized spacial score (nSPS) is 23.6. The molecule has 1 saturated carbocycles. The number of nitrogens with one attached hydrogen (secondary N) is 2. The molecule has 1 aliphatic rings. The second-order valence-electron chi connectivity index (χ2n) is 4.67. The van der Waals surface area contributed by atoms with Crippen LogP contribution in [-0.4, -0.2) is 31.7 Å². The molecule has 7 heteroatoms. The Morgan fingerprint density at radius 3 is 3.17 bits per heavy atom. The average molecular weight is 268 g/mol. The minimum absolute atomic E-state index is 0.309. The van der Waals surface area contributed by atoms with Crippen LogP contribution in [0.15, 0.2) is 16.9 Å². The number of H-pyrrole nitrogens is 1. The van der Waals surface area contributed by atoms with Crippen LogP contribution in [0.25, 0.3) is 5.65 Å². The van der Waals surface area contributed by atoms with Gasteiger partial charge in [-0.15, -0.1) is 16.7 Å². The number of nitrogens with zero attached hydrogens (tertiary/aromatic N) is 3. The molecule has 0 bridgehead atoms. The van der Waals surface area contributed by atoms with Gasteiger partial charge in [-0.2, -0.15) is 9.61 Å². The first kappa shape index (κ1) is 11.5. The van der Waals surface area contributed by atoms with Gasteiger partial charge in [0.15, 0.2) is 5.65 Å². The molecule has 0 spiro atoms. The zero-order valence-corrected chi connectivity index (χ0v) is 10.5. The van der Waals surface area contributed by atoms with E-state index in [4.69, 9.17) is 11.6 Å². The third-order valence-corrected chi connectivity index (χ3v) is 3.72. The van der Waals surface area contributed by atoms with Crippen LogP contribution in [-0.2, 0) is 0 Å². The fourth-order valence-electron chi connectivity index (χ4n) is 2.35. The summed E-state index contributed by atoms with van der Waals surface area (Å²) >= 11 is 6.07. The van der Waals surface area contributed by atoms with Crippen molar-refractivity contribution in [2.24, 2.45) is 5.92 Å². The van der Waals surface area contributed by atoms with Crippen molar-refractivity contribution < 1.29 is 0 Å². The number of alkyl halides is 1. The fraction of sp³-hybridized carbons (Fsp3) is 0.545. The number of hydrogen-bond donors (Lipinski definition) is 2. The van der Waals surface area contributed by atoms with Gasteiger partial charge < -0.3 is 5.32 Å². The summed E-state index contributed by atoms with van der Waals surface area (Å²) in [6.07, 6.45) is 3.28. The van der Waals surface area contributed by atoms with Crippen molar-refractivity contribution in [1.82, 2.24) is 19.8 Å². The molecule has 2 unspecified atom stereocenters. The molecule has 0 aliphatic heterocycles. The third kappa shape index (κ3) is 2.20. The summed E-state index contributed by atoms with van der Waals surface area (Å²) in [5.41, 5.74) is 0.197. The van der Waals surface area contributed by atoms with Crippen molar-refractivity contribution in [2.45, 2.75) is 24.6 Å². The molecule has 2 aromatic heterocycles. The van der Waals surface area contributed by atoms with Crippen LogP contribution in [0.2, 0.25) is 0 Å². The summed E-state index contributed by atoms with van der Waals surface area (Å²) < 4.78 is 1.25. The molecule has 6 nitrogen and oxygen atoms in total. The van der Waals surface area contributed by atoms with E-state index in [9.17, 15) is 4.79 Å². The van der Waals surface area contributed by atoms with E-state index in [1.54, 1.807) is 6.07 Å². The smallest absolute Gasteiger partial charge is 0.364 e. The van der Waals surface area contributed by atoms with E-state index in [0.717, 1.165) is 25.8 Å². The van der Waals surface area contributed by atoms with Crippen molar-refractivity contribution in [3.63, 3.8) is 0 Å². The van der Waals surface area contributed by atoms with Crippen LogP contribution in [0.3, 0.4) is 0 Å². The minimum atomic E-state index is -0.324. The van der Waals surface area contributed by atoms with Gasteiger partial charge in [-0.1, -0.05) is 0 Å². The number of fused-ring (bicyclic) bond motifs is 1. The van der Waals surface area contributed by atoms with Crippen molar-refractivity contribution in [3.8, 4) is 0 Å². The second-order valence-corrected chi connectivity index (χ2v) is 5.29. The maximum absolute atomic E-state index is 11.4. The third-order valence-electron chi connectivity index (χ3n) is 3.32. The molecule has 0 aromatic carbocycles. The molecule has 2 atom stereocenters. The largest absolute Gasteiger partial charge is 0.368 e. The first-order chi connectivity index (χ1) is 8.72. The predicted molar refractivity (Wildman–Crippen MR) is 69.1 cm³/mol. The highest BCUT2D eigenvalue weighted by atomic mass is 35.5. The molecule has 1 fully saturated rings. The molecule has 3 rings (SSSR count). The van der Waals surface area contributed by atoms with Crippen LogP contribution in [0.4, 0.5) is 5.82 Å². The minimum Gasteiger partial charge on any atom is -0.368 e. The van der Waals surface area contributed by atoms with Gasteiger partial charge in [0, 0.05) is 11.9 Å². The van der Waals surface area contributed by atoms with E-state index in [2.05, 4.69) is 20.6 Å². The molecule has 1 aliphatic carbocycles. The summed E-state index contributed by atoms with van der Waals surface area (Å²) in [4.78, 5) is 11.4. The van der Waals surface area contributed by atoms with E-state index in [1.807, 2.05) is 6.07 Å². The molecule has 2 aromatic rings. The van der Waals surface area contributed by atoms with Crippen LogP contribution < -0.4 is 11.0 Å². The Bertz CT molecular complexity index is 607. The summed E-state index contributed by atoms with van der Waals surface area (Å²) in [6.45, 7) is 0.842. The van der Waals surface area contributed by atoms with Crippen LogP contribution in [0.1, 0.15) is 19.3 Å². The fourth-order valence-corrected chi connectivity index (χ4v) is 2.72. The molecule has 0 radical (unpaired) electrons. The standard InChI is InChI=1S/C11H14ClN5O/c12-8-2-1-7(5-8)6-13-9-3-4-10-14-15-11(18)17(10)16-9/h3-4,7-8H,1-2,5-6H2,(H,13,16)(H,15,18). The maximum atomic E-state index is 11.4. The van der Waals surface area contributed by atoms with E-state index in [0.29, 0.717) is 22.8 Å². The summed E-state index contributed by atoms with van der Waals surface area (Å²) in [7, 11) is 0. The molecular weight excluding hydrogens is 254 g/mol. The highest BCUT2D eigenvalue weighted by molar-refractivity contribution is 6.20. The van der Waals surface area contributed by atoms with Gasteiger partial charge in [0.2, 0.25) is 0 Å². The Labute approximate surface area is 108 Å². The van der Waals surface area contributed by atoms with Gasteiger partial charge in [0.1, 0.15) is 5.82 Å². The number of aromatic nitrogens is 4. The number of rotatable bonds is 3. The lowest BCUT2D eigenvalue weighted by molar-refractivity contribution is 0.579. The van der Waals surface area contributed by atoms with Crippen molar-refractivity contribution in [2.75, 3.05) is 11.9 Å². The van der Waals surface area contributed by atoms with Crippen LogP contribution in [0, 0.1) is 5.92 Å². The number of anilines is 1. The molecular formula is C11H14ClN5O. The highest BCUT2D eigenvalue weighted by Gasteiger charge is 2.22. The molecule has 2 N–H and O–H groups in total. The average Bonchev–Trinajstić information content (AvgIpc) is 2.94. The highest BCUT2D eigenvalue weighted by Crippen LogP contribution is 2.29. The molecule has 96 valence electrons. The topological polar surface area (TPSA) is 75.1 Å². The lowest BCUT2D eigenvalue weighted by atomic mass is 10.1. The lowest BCUT2D eigenvalue weighted by Gasteiger charge is -2.10. The monoisotopic (exact) mass is 267 g/mol. The van der Waals surface area contributed by atoms with E-state index < -0.39 is 0 Å². The number of hydrogen-bond acceptors (Lipinski definition) is 4. The number of halogens is 1. The van der Waals surface area contributed by atoms with E-state index >= 15 is 0 Å². The molecule has 0 saturated heterocycles. The summed E-state index contributed by atoms with van der Waals surface area (Å²) in [6, 6.07) is 3.58. The van der Waals surface area contributed by atoms with Gasteiger partial charge in [-0.25, -0.2) is 9.89 Å². The maximum Gasteiger partial charge on any atom is 0.364 e. The first-order valence-electron chi connectivity index (χ1n) is 6.05. The van der Waals surface area contributed by atoms with Gasteiger partial charge in [-0.3, -0.25) is 0 Å². The Kier molecular flexibility index (Phi) is 2.95. The van der Waals surface area contributed by atoms with Gasteiger partial charge >= 0.3 is 5.69 Å². The zero-order valence-electron chi connectivity index (χ0n) is 9.77. The molecule has 18 heavy (non-hydrogen) atoms. The Balaban J connectivity index is 1.71. The van der Waals surface area contributed by atoms with E-state index in [1.165, 1.54) is 4.52 Å². The molecule has 2 heterocycles. The summed E-state index contributed by atoms with van der Waals surface area (Å²) in [5, 5.41) is 13.9. The number of aromatic amines is 1. The quantitative estimate of drug-likeness (QED) is 0.821. The Morgan fingerprint density at radius 1 is 1.50 bits per heavy atom. The van der Waals surface area contributed by atoms with Gasteiger partial charge in [-0.05, 0) is 37.3 Å². The first-order valence-corrected chi connectivity index (χ1v) is 6.48. The molecule has 0 amide bonds. The van der Waals surface area contributed by atoms with Crippen molar-refractivity contribution >= 4 is 23.1 Å². The Hall–Kier alpha value is -1.56. The SMILES string of the molecule is O=c1[nH]nc2ccc(NCC3CCC(Cl)C3)nn12. The van der Waals surface area contributed by atoms with Crippen molar-refractivity contribution in [3.05, 3.63) is 22.6 Å². The van der Waals surface area contributed by atoms with E-state index in [-0.39, 0.29) is 5.69 Å². The zero-order chi connectivity index (χ0) is 12.5.